The van der Waals surface area contributed by atoms with Crippen LogP contribution in [0, 0.1) is 58.6 Å². The number of aliphatic hydroxyl groups excluding tert-OH is 2. The molecule has 2 fully saturated rings. The first-order chi connectivity index (χ1) is 34.0. The van der Waals surface area contributed by atoms with Crippen molar-refractivity contribution in [3.8, 4) is 22.5 Å². The number of aromatic nitrogens is 2. The first-order valence-corrected chi connectivity index (χ1v) is 26.6. The maximum absolute atomic E-state index is 10.0. The molecule has 0 saturated heterocycles. The number of aliphatic hydroxyl groups is 2. The zero-order chi connectivity index (χ0) is 52.9. The molecule has 402 valence electrons. The Balaban J connectivity index is 0.000000305. The Bertz CT molecular complexity index is 2820. The van der Waals surface area contributed by atoms with Crippen LogP contribution in [0.15, 0.2) is 96.7 Å². The third-order valence-electron chi connectivity index (χ3n) is 14.8. The summed E-state index contributed by atoms with van der Waals surface area (Å²) in [4.78, 5) is 29.6. The maximum Gasteiger partial charge on any atom is 0.155 e. The van der Waals surface area contributed by atoms with Crippen LogP contribution in [0.1, 0.15) is 189 Å². The topological polar surface area (TPSA) is 100 Å². The molecule has 0 amide bonds. The van der Waals surface area contributed by atoms with Crippen molar-refractivity contribution >= 4 is 33.1 Å². The van der Waals surface area contributed by atoms with Gasteiger partial charge in [-0.15, -0.1) is 69.8 Å². The molecular weight excluding hydrogens is 1270 g/mol. The summed E-state index contributed by atoms with van der Waals surface area (Å²) in [5, 5.41) is 21.9. The van der Waals surface area contributed by atoms with Crippen molar-refractivity contribution in [2.45, 2.75) is 185 Å². The standard InChI is InChI=1S/C29H36N.C27H32N.2C5H8O2.2Ir/c1-19-16-23(18-24(17-19)29(4,5)6)28-27-13-12-25(21(3)26(27)14-15-30-28)20(2)22-10-8-7-9-11-22;1-18-15-19(2)17-23(16-18)27-26-12-11-24(21(4)25(26)13-14-28-27)20(3)22-9-7-5-6-8-10-22;2*1-4(6)3-5(2)7;;/h12-15,17-18,20,22H,7-11H2,1-6H3;11-16,20,22H,5-10H2,1-4H3;2*3,6H,1-2H3;;/q2*-1;;;;. The van der Waals surface area contributed by atoms with Crippen molar-refractivity contribution in [3.05, 3.63) is 153 Å². The molecule has 2 saturated carbocycles. The Kier molecular flexibility index (Phi) is 25.5. The van der Waals surface area contributed by atoms with E-state index in [4.69, 9.17) is 20.2 Å². The van der Waals surface area contributed by atoms with Gasteiger partial charge in [-0.3, -0.25) is 9.59 Å². The van der Waals surface area contributed by atoms with Crippen LogP contribution in [0.3, 0.4) is 0 Å². The van der Waals surface area contributed by atoms with Gasteiger partial charge in [0.15, 0.2) is 11.6 Å². The number of hydrogen-bond donors (Lipinski definition) is 2. The molecule has 2 N–H and O–H groups in total. The van der Waals surface area contributed by atoms with Crippen LogP contribution in [-0.4, -0.2) is 31.7 Å². The second kappa shape index (κ2) is 29.6. The van der Waals surface area contributed by atoms with Crippen molar-refractivity contribution in [2.75, 3.05) is 0 Å². The molecule has 8 rings (SSSR count). The fraction of sp³-hybridized carbons (Fsp3) is 0.455. The summed E-state index contributed by atoms with van der Waals surface area (Å²) < 4.78 is 0. The van der Waals surface area contributed by atoms with E-state index in [1.54, 1.807) is 0 Å². The number of fused-ring (bicyclic) bond motifs is 2. The van der Waals surface area contributed by atoms with Crippen LogP contribution in [-0.2, 0) is 55.2 Å². The Hall–Kier alpha value is -4.58. The Morgan fingerprint density at radius 2 is 0.932 bits per heavy atom. The molecule has 2 aliphatic carbocycles. The van der Waals surface area contributed by atoms with Crippen LogP contribution in [0.25, 0.3) is 44.1 Å². The van der Waals surface area contributed by atoms with E-state index in [9.17, 15) is 9.59 Å². The molecule has 2 radical (unpaired) electrons. The molecule has 2 aromatic heterocycles. The number of benzene rings is 4. The van der Waals surface area contributed by atoms with Crippen molar-refractivity contribution < 1.29 is 60.0 Å². The number of ketones is 2. The van der Waals surface area contributed by atoms with Gasteiger partial charge in [0.1, 0.15) is 0 Å². The van der Waals surface area contributed by atoms with Crippen molar-refractivity contribution in [1.82, 2.24) is 9.97 Å². The second-order valence-electron chi connectivity index (χ2n) is 22.1. The molecule has 6 aromatic rings. The molecular formula is C66H84Ir2N2O4-2. The van der Waals surface area contributed by atoms with Crippen molar-refractivity contribution in [2.24, 2.45) is 11.8 Å². The van der Waals surface area contributed by atoms with Gasteiger partial charge in [0.05, 0.1) is 11.5 Å². The summed E-state index contributed by atoms with van der Waals surface area (Å²) in [6.07, 6.45) is 21.7. The van der Waals surface area contributed by atoms with Crippen molar-refractivity contribution in [1.29, 1.82) is 0 Å². The van der Waals surface area contributed by atoms with E-state index in [0.717, 1.165) is 34.4 Å². The molecule has 0 bridgehead atoms. The van der Waals surface area contributed by atoms with Crippen LogP contribution in [0.2, 0.25) is 0 Å². The number of rotatable bonds is 8. The van der Waals surface area contributed by atoms with Gasteiger partial charge in [0.25, 0.3) is 0 Å². The van der Waals surface area contributed by atoms with E-state index in [-0.39, 0.29) is 68.7 Å². The predicted molar refractivity (Wildman–Crippen MR) is 303 cm³/mol. The van der Waals surface area contributed by atoms with Gasteiger partial charge in [0.2, 0.25) is 0 Å². The summed E-state index contributed by atoms with van der Waals surface area (Å²) in [6.45, 7) is 28.4. The molecule has 8 heteroatoms. The molecule has 2 aliphatic rings. The summed E-state index contributed by atoms with van der Waals surface area (Å²) >= 11 is 0. The van der Waals surface area contributed by atoms with Crippen LogP contribution in [0.5, 0.6) is 0 Å². The minimum absolute atomic E-state index is 0. The molecule has 2 atom stereocenters. The summed E-state index contributed by atoms with van der Waals surface area (Å²) in [6, 6.07) is 29.8. The Morgan fingerprint density at radius 3 is 1.28 bits per heavy atom. The zero-order valence-electron chi connectivity index (χ0n) is 46.9. The zero-order valence-corrected chi connectivity index (χ0v) is 51.7. The normalized spacial score (nSPS) is 15.3. The predicted octanol–water partition coefficient (Wildman–Crippen LogP) is 18.1. The Morgan fingerprint density at radius 1 is 0.554 bits per heavy atom. The number of carbonyl (C=O) groups excluding carboxylic acids is 2. The van der Waals surface area contributed by atoms with Crippen LogP contribution < -0.4 is 0 Å². The first kappa shape index (κ1) is 63.7. The smallest absolute Gasteiger partial charge is 0.155 e. The van der Waals surface area contributed by atoms with Gasteiger partial charge < -0.3 is 20.2 Å². The molecule has 2 unspecified atom stereocenters. The van der Waals surface area contributed by atoms with E-state index in [1.165, 1.54) is 177 Å². The van der Waals surface area contributed by atoms with Crippen LogP contribution >= 0.6 is 0 Å². The number of aryl methyl sites for hydroxylation is 5. The molecule has 4 aromatic carbocycles. The summed E-state index contributed by atoms with van der Waals surface area (Å²) in [5.41, 5.74) is 15.3. The van der Waals surface area contributed by atoms with E-state index in [0.29, 0.717) is 11.8 Å². The summed E-state index contributed by atoms with van der Waals surface area (Å²) in [7, 11) is 0. The van der Waals surface area contributed by atoms with Gasteiger partial charge in [0, 0.05) is 64.8 Å². The minimum Gasteiger partial charge on any atom is -0.512 e. The largest absolute Gasteiger partial charge is 0.512 e. The third-order valence-corrected chi connectivity index (χ3v) is 14.8. The van der Waals surface area contributed by atoms with Gasteiger partial charge in [-0.1, -0.05) is 125 Å². The monoisotopic (exact) mass is 1350 g/mol. The minimum atomic E-state index is -0.125. The van der Waals surface area contributed by atoms with Gasteiger partial charge in [-0.25, -0.2) is 0 Å². The molecule has 0 aliphatic heterocycles. The summed E-state index contributed by atoms with van der Waals surface area (Å²) in [5.74, 6) is 2.79. The fourth-order valence-electron chi connectivity index (χ4n) is 11.1. The fourth-order valence-corrected chi connectivity index (χ4v) is 11.1. The maximum atomic E-state index is 10.0. The van der Waals surface area contributed by atoms with Crippen LogP contribution in [0.4, 0.5) is 0 Å². The van der Waals surface area contributed by atoms with E-state index < -0.39 is 0 Å². The third kappa shape index (κ3) is 18.0. The van der Waals surface area contributed by atoms with E-state index >= 15 is 0 Å². The quantitative estimate of drug-likeness (QED) is 0.0682. The molecule has 2 heterocycles. The number of pyridine rings is 2. The average molecular weight is 1350 g/mol. The van der Waals surface area contributed by atoms with Crippen molar-refractivity contribution in [3.63, 3.8) is 0 Å². The second-order valence-corrected chi connectivity index (χ2v) is 22.1. The Labute approximate surface area is 472 Å². The van der Waals surface area contributed by atoms with Gasteiger partial charge >= 0.3 is 0 Å². The molecule has 6 nitrogen and oxygen atoms in total. The molecule has 74 heavy (non-hydrogen) atoms. The van der Waals surface area contributed by atoms with Gasteiger partial charge in [-0.05, 0) is 164 Å². The van der Waals surface area contributed by atoms with Gasteiger partial charge in [-0.2, -0.15) is 0 Å². The number of hydrogen-bond acceptors (Lipinski definition) is 6. The SMILES string of the molecule is CC(=O)C=C(C)O.CC(=O)C=C(C)O.Cc1[c-]c(-c2nccc3c(C)c(C(C)C4CCCCC4)ccc23)cc(C(C)(C)C)c1.Cc1[c-]c(-c2nccc3c(C)c(C(C)C4CCCCCC4)ccc23)cc(C)c1.[Ir].[Ir]. The number of nitrogens with zero attached hydrogens (tertiary/aromatic N) is 2. The average Bonchev–Trinajstić information content (AvgIpc) is 3.61. The molecule has 0 spiro atoms. The van der Waals surface area contributed by atoms with E-state index in [2.05, 4.69) is 142 Å². The first-order valence-electron chi connectivity index (χ1n) is 26.6. The van der Waals surface area contributed by atoms with E-state index in [1.807, 2.05) is 12.4 Å². The number of allylic oxidation sites excluding steroid dienone is 4. The number of carbonyl (C=O) groups is 2.